The van der Waals surface area contributed by atoms with Gasteiger partial charge in [0, 0.05) is 24.2 Å². The molecule has 0 spiro atoms. The minimum atomic E-state index is 0.343. The molecule has 0 fully saturated rings. The molecule has 0 unspecified atom stereocenters. The normalized spacial score (nSPS) is 15.7. The van der Waals surface area contributed by atoms with Crippen LogP contribution in [0.4, 0.5) is 5.69 Å². The zero-order valence-electron chi connectivity index (χ0n) is 10.4. The van der Waals surface area contributed by atoms with Gasteiger partial charge in [-0.15, -0.1) is 0 Å². The first kappa shape index (κ1) is 10.6. The number of hydrogen-bond acceptors (Lipinski definition) is 3. The van der Waals surface area contributed by atoms with Crippen molar-refractivity contribution in [1.82, 2.24) is 4.98 Å². The van der Waals surface area contributed by atoms with Crippen LogP contribution in [0, 0.1) is 0 Å². The first-order chi connectivity index (χ1) is 8.24. The summed E-state index contributed by atoms with van der Waals surface area (Å²) in [4.78, 5) is 4.56. The van der Waals surface area contributed by atoms with Crippen LogP contribution in [0.2, 0.25) is 0 Å². The van der Waals surface area contributed by atoms with E-state index in [-0.39, 0.29) is 0 Å². The molecule has 1 aliphatic rings. The van der Waals surface area contributed by atoms with E-state index in [1.165, 1.54) is 24.1 Å². The zero-order valence-corrected chi connectivity index (χ0v) is 10.4. The number of aromatic nitrogens is 1. The highest BCUT2D eigenvalue weighted by Gasteiger charge is 2.14. The SMILES string of the molecule is CC(C)c1nc2cc3c(cc2o1)NCCCC3. The number of nitrogens with zero attached hydrogens (tertiary/aromatic N) is 1. The van der Waals surface area contributed by atoms with Crippen molar-refractivity contribution in [3.05, 3.63) is 23.6 Å². The molecule has 0 bridgehead atoms. The largest absolute Gasteiger partial charge is 0.440 e. The molecule has 0 atom stereocenters. The molecular formula is C14H18N2O. The van der Waals surface area contributed by atoms with E-state index in [0.29, 0.717) is 5.92 Å². The Balaban J connectivity index is 2.12. The Morgan fingerprint density at radius 2 is 2.18 bits per heavy atom. The molecule has 0 saturated heterocycles. The molecule has 1 aliphatic heterocycles. The Morgan fingerprint density at radius 3 is 3.00 bits per heavy atom. The number of nitrogens with one attached hydrogen (secondary N) is 1. The van der Waals surface area contributed by atoms with Crippen LogP contribution in [-0.2, 0) is 6.42 Å². The number of fused-ring (bicyclic) bond motifs is 2. The second-order valence-corrected chi connectivity index (χ2v) is 5.07. The van der Waals surface area contributed by atoms with Gasteiger partial charge in [0.25, 0.3) is 0 Å². The maximum atomic E-state index is 5.79. The van der Waals surface area contributed by atoms with Gasteiger partial charge in [-0.2, -0.15) is 0 Å². The Kier molecular flexibility index (Phi) is 2.54. The van der Waals surface area contributed by atoms with Crippen LogP contribution < -0.4 is 5.32 Å². The maximum absolute atomic E-state index is 5.79. The van der Waals surface area contributed by atoms with Gasteiger partial charge in [-0.3, -0.25) is 0 Å². The Bertz CT molecular complexity index is 499. The number of hydrogen-bond donors (Lipinski definition) is 1. The number of rotatable bonds is 1. The molecule has 3 nitrogen and oxygen atoms in total. The summed E-state index contributed by atoms with van der Waals surface area (Å²) >= 11 is 0. The molecule has 0 aliphatic carbocycles. The van der Waals surface area contributed by atoms with E-state index in [1.807, 2.05) is 0 Å². The van der Waals surface area contributed by atoms with Crippen LogP contribution in [0.25, 0.3) is 11.1 Å². The van der Waals surface area contributed by atoms with Gasteiger partial charge in [0.1, 0.15) is 5.52 Å². The summed E-state index contributed by atoms with van der Waals surface area (Å²) < 4.78 is 5.79. The van der Waals surface area contributed by atoms with Gasteiger partial charge in [0.05, 0.1) is 0 Å². The topological polar surface area (TPSA) is 38.1 Å². The minimum absolute atomic E-state index is 0.343. The van der Waals surface area contributed by atoms with Crippen molar-refractivity contribution in [1.29, 1.82) is 0 Å². The minimum Gasteiger partial charge on any atom is -0.440 e. The van der Waals surface area contributed by atoms with Crippen molar-refractivity contribution in [3.8, 4) is 0 Å². The van der Waals surface area contributed by atoms with Gasteiger partial charge in [0.2, 0.25) is 0 Å². The van der Waals surface area contributed by atoms with Gasteiger partial charge < -0.3 is 9.73 Å². The number of anilines is 1. The highest BCUT2D eigenvalue weighted by Crippen LogP contribution is 2.29. The Hall–Kier alpha value is -1.51. The quantitative estimate of drug-likeness (QED) is 0.811. The molecule has 1 aromatic carbocycles. The van der Waals surface area contributed by atoms with E-state index >= 15 is 0 Å². The molecule has 0 radical (unpaired) electrons. The lowest BCUT2D eigenvalue weighted by Crippen LogP contribution is -1.99. The van der Waals surface area contributed by atoms with Crippen LogP contribution >= 0.6 is 0 Å². The van der Waals surface area contributed by atoms with E-state index in [4.69, 9.17) is 4.42 Å². The van der Waals surface area contributed by atoms with Crippen LogP contribution in [0.5, 0.6) is 0 Å². The average Bonchev–Trinajstić information content (AvgIpc) is 2.58. The molecule has 3 rings (SSSR count). The summed E-state index contributed by atoms with van der Waals surface area (Å²) in [6.07, 6.45) is 3.63. The zero-order chi connectivity index (χ0) is 11.8. The van der Waals surface area contributed by atoms with E-state index in [0.717, 1.165) is 30.0 Å². The standard InChI is InChI=1S/C14H18N2O/c1-9(2)14-16-12-7-10-5-3-4-6-15-11(10)8-13(12)17-14/h7-9,15H,3-6H2,1-2H3. The molecule has 90 valence electrons. The van der Waals surface area contributed by atoms with Crippen LogP contribution in [0.3, 0.4) is 0 Å². The summed E-state index contributed by atoms with van der Waals surface area (Å²) in [5.74, 6) is 1.18. The second kappa shape index (κ2) is 4.06. The van der Waals surface area contributed by atoms with Crippen molar-refractivity contribution in [2.24, 2.45) is 0 Å². The molecule has 1 aromatic heterocycles. The predicted octanol–water partition coefficient (Wildman–Crippen LogP) is 3.70. The lowest BCUT2D eigenvalue weighted by atomic mass is 10.1. The first-order valence-corrected chi connectivity index (χ1v) is 6.41. The number of aryl methyl sites for hydroxylation is 1. The molecule has 0 saturated carbocycles. The molecule has 0 amide bonds. The maximum Gasteiger partial charge on any atom is 0.198 e. The smallest absolute Gasteiger partial charge is 0.198 e. The van der Waals surface area contributed by atoms with Gasteiger partial charge in [-0.25, -0.2) is 4.98 Å². The molecule has 17 heavy (non-hydrogen) atoms. The summed E-state index contributed by atoms with van der Waals surface area (Å²) in [7, 11) is 0. The molecule has 2 heterocycles. The summed E-state index contributed by atoms with van der Waals surface area (Å²) in [6.45, 7) is 5.27. The summed E-state index contributed by atoms with van der Waals surface area (Å²) in [6, 6.07) is 4.28. The molecular weight excluding hydrogens is 212 g/mol. The lowest BCUT2D eigenvalue weighted by molar-refractivity contribution is 0.501. The number of benzene rings is 1. The van der Waals surface area contributed by atoms with Crippen molar-refractivity contribution in [3.63, 3.8) is 0 Å². The van der Waals surface area contributed by atoms with Crippen molar-refractivity contribution >= 4 is 16.8 Å². The van der Waals surface area contributed by atoms with Crippen LogP contribution in [0.15, 0.2) is 16.5 Å². The van der Waals surface area contributed by atoms with E-state index in [9.17, 15) is 0 Å². The van der Waals surface area contributed by atoms with Gasteiger partial charge in [0.15, 0.2) is 11.5 Å². The third-order valence-electron chi connectivity index (χ3n) is 3.31. The van der Waals surface area contributed by atoms with Gasteiger partial charge in [-0.1, -0.05) is 13.8 Å². The van der Waals surface area contributed by atoms with Gasteiger partial charge in [-0.05, 0) is 30.9 Å². The molecule has 1 N–H and O–H groups in total. The summed E-state index contributed by atoms with van der Waals surface area (Å²) in [5.41, 5.74) is 4.50. The predicted molar refractivity (Wildman–Crippen MR) is 69.5 cm³/mol. The monoisotopic (exact) mass is 230 g/mol. The number of oxazole rings is 1. The fourth-order valence-electron chi connectivity index (χ4n) is 2.32. The second-order valence-electron chi connectivity index (χ2n) is 5.07. The highest BCUT2D eigenvalue weighted by atomic mass is 16.3. The van der Waals surface area contributed by atoms with E-state index in [1.54, 1.807) is 0 Å². The van der Waals surface area contributed by atoms with Crippen molar-refractivity contribution in [2.45, 2.75) is 39.0 Å². The fourth-order valence-corrected chi connectivity index (χ4v) is 2.32. The fraction of sp³-hybridized carbons (Fsp3) is 0.500. The lowest BCUT2D eigenvalue weighted by Gasteiger charge is -2.05. The molecule has 2 aromatic rings. The first-order valence-electron chi connectivity index (χ1n) is 6.41. The van der Waals surface area contributed by atoms with Crippen molar-refractivity contribution in [2.75, 3.05) is 11.9 Å². The van der Waals surface area contributed by atoms with Crippen LogP contribution in [0.1, 0.15) is 44.1 Å². The highest BCUT2D eigenvalue weighted by molar-refractivity contribution is 5.79. The van der Waals surface area contributed by atoms with E-state index < -0.39 is 0 Å². The molecule has 3 heteroatoms. The van der Waals surface area contributed by atoms with Gasteiger partial charge >= 0.3 is 0 Å². The average molecular weight is 230 g/mol. The third-order valence-corrected chi connectivity index (χ3v) is 3.31. The van der Waals surface area contributed by atoms with Crippen LogP contribution in [-0.4, -0.2) is 11.5 Å². The van der Waals surface area contributed by atoms with Crippen molar-refractivity contribution < 1.29 is 4.42 Å². The third kappa shape index (κ3) is 1.90. The Morgan fingerprint density at radius 1 is 1.29 bits per heavy atom. The summed E-state index contributed by atoms with van der Waals surface area (Å²) in [5, 5.41) is 3.47. The van der Waals surface area contributed by atoms with E-state index in [2.05, 4.69) is 36.3 Å². The Labute approximate surface area is 101 Å².